The van der Waals surface area contributed by atoms with Crippen LogP contribution in [0.25, 0.3) is 5.65 Å². The second-order valence-corrected chi connectivity index (χ2v) is 6.47. The summed E-state index contributed by atoms with van der Waals surface area (Å²) in [7, 11) is 0. The summed E-state index contributed by atoms with van der Waals surface area (Å²) in [5, 5.41) is 13.1. The molecule has 2 heterocycles. The highest BCUT2D eigenvalue weighted by Crippen LogP contribution is 2.30. The predicted molar refractivity (Wildman–Crippen MR) is 83.1 cm³/mol. The van der Waals surface area contributed by atoms with Crippen molar-refractivity contribution in [2.45, 2.75) is 43.8 Å². The molecule has 0 aliphatic heterocycles. The number of fused-ring (bicyclic) bond motifs is 1. The van der Waals surface area contributed by atoms with Crippen LogP contribution in [0.3, 0.4) is 0 Å². The molecular formula is C15H22N4S. The molecule has 0 radical (unpaired) electrons. The molecule has 0 bridgehead atoms. The van der Waals surface area contributed by atoms with Crippen LogP contribution >= 0.6 is 11.8 Å². The van der Waals surface area contributed by atoms with Gasteiger partial charge >= 0.3 is 0 Å². The first kappa shape index (κ1) is 13.9. The molecule has 0 saturated heterocycles. The van der Waals surface area contributed by atoms with Crippen LogP contribution in [0.4, 0.5) is 0 Å². The Labute approximate surface area is 124 Å². The van der Waals surface area contributed by atoms with Gasteiger partial charge < -0.3 is 5.32 Å². The average Bonchev–Trinajstić information content (AvgIpc) is 3.07. The molecule has 4 nitrogen and oxygen atoms in total. The maximum absolute atomic E-state index is 4.28. The Morgan fingerprint density at radius 2 is 2.30 bits per heavy atom. The molecule has 5 heteroatoms. The lowest BCUT2D eigenvalue weighted by atomic mass is 10.0. The number of pyridine rings is 1. The van der Waals surface area contributed by atoms with Crippen LogP contribution in [0.2, 0.25) is 0 Å². The summed E-state index contributed by atoms with van der Waals surface area (Å²) < 4.78 is 2.07. The summed E-state index contributed by atoms with van der Waals surface area (Å²) in [5.74, 6) is 1.96. The third-order valence-corrected chi connectivity index (χ3v) is 5.10. The lowest BCUT2D eigenvalue weighted by Crippen LogP contribution is -2.32. The fourth-order valence-corrected chi connectivity index (χ4v) is 4.13. The van der Waals surface area contributed by atoms with Gasteiger partial charge in [-0.2, -0.15) is 0 Å². The first-order valence-corrected chi connectivity index (χ1v) is 8.53. The van der Waals surface area contributed by atoms with Gasteiger partial charge in [-0.25, -0.2) is 0 Å². The Kier molecular flexibility index (Phi) is 4.58. The molecule has 2 aromatic heterocycles. The van der Waals surface area contributed by atoms with Crippen LogP contribution in [0.5, 0.6) is 0 Å². The van der Waals surface area contributed by atoms with E-state index in [-0.39, 0.29) is 0 Å². The molecule has 1 saturated carbocycles. The van der Waals surface area contributed by atoms with Crippen molar-refractivity contribution in [3.8, 4) is 0 Å². The number of nitrogens with zero attached hydrogens (tertiary/aromatic N) is 3. The first-order valence-electron chi connectivity index (χ1n) is 7.54. The molecule has 2 unspecified atom stereocenters. The van der Waals surface area contributed by atoms with Crippen LogP contribution in [-0.2, 0) is 0 Å². The summed E-state index contributed by atoms with van der Waals surface area (Å²) in [4.78, 5) is 0. The Hall–Kier alpha value is -1.07. The number of hydrogen-bond donors (Lipinski definition) is 1. The maximum atomic E-state index is 4.28. The van der Waals surface area contributed by atoms with Gasteiger partial charge in [0.1, 0.15) is 0 Å². The minimum Gasteiger partial charge on any atom is -0.314 e. The standard InChI is InChI=1S/C15H22N4S/c1-2-16-13-7-5-6-12(13)9-11-20-15-18-17-14-8-3-4-10-19(14)15/h3-4,8,10,12-13,16H,2,5-7,9,11H2,1H3. The van der Waals surface area contributed by atoms with Crippen molar-refractivity contribution in [3.05, 3.63) is 24.4 Å². The van der Waals surface area contributed by atoms with E-state index in [9.17, 15) is 0 Å². The third kappa shape index (κ3) is 2.99. The van der Waals surface area contributed by atoms with Gasteiger partial charge in [0.05, 0.1) is 0 Å². The largest absolute Gasteiger partial charge is 0.314 e. The lowest BCUT2D eigenvalue weighted by Gasteiger charge is -2.19. The minimum absolute atomic E-state index is 0.732. The fraction of sp³-hybridized carbons (Fsp3) is 0.600. The van der Waals surface area contributed by atoms with E-state index >= 15 is 0 Å². The summed E-state index contributed by atoms with van der Waals surface area (Å²) >= 11 is 1.83. The van der Waals surface area contributed by atoms with Crippen molar-refractivity contribution in [2.24, 2.45) is 5.92 Å². The van der Waals surface area contributed by atoms with E-state index in [1.165, 1.54) is 25.7 Å². The Bertz CT molecular complexity index is 554. The molecule has 1 fully saturated rings. The second-order valence-electron chi connectivity index (χ2n) is 5.40. The number of nitrogens with one attached hydrogen (secondary N) is 1. The number of thioether (sulfide) groups is 1. The average molecular weight is 290 g/mol. The number of aromatic nitrogens is 3. The number of rotatable bonds is 6. The first-order chi connectivity index (χ1) is 9.88. The van der Waals surface area contributed by atoms with Gasteiger partial charge in [0, 0.05) is 18.0 Å². The van der Waals surface area contributed by atoms with E-state index in [1.54, 1.807) is 0 Å². The zero-order valence-corrected chi connectivity index (χ0v) is 12.8. The van der Waals surface area contributed by atoms with E-state index in [1.807, 2.05) is 36.2 Å². The lowest BCUT2D eigenvalue weighted by molar-refractivity contribution is 0.400. The van der Waals surface area contributed by atoms with Crippen molar-refractivity contribution >= 4 is 17.4 Å². The monoisotopic (exact) mass is 290 g/mol. The topological polar surface area (TPSA) is 42.2 Å². The fourth-order valence-electron chi connectivity index (χ4n) is 3.13. The molecule has 0 amide bonds. The number of hydrogen-bond acceptors (Lipinski definition) is 4. The molecule has 0 spiro atoms. The minimum atomic E-state index is 0.732. The van der Waals surface area contributed by atoms with Gasteiger partial charge in [-0.3, -0.25) is 4.40 Å². The van der Waals surface area contributed by atoms with E-state index in [0.29, 0.717) is 0 Å². The molecule has 1 aliphatic rings. The van der Waals surface area contributed by atoms with E-state index in [0.717, 1.165) is 35.1 Å². The molecular weight excluding hydrogens is 268 g/mol. The molecule has 20 heavy (non-hydrogen) atoms. The van der Waals surface area contributed by atoms with Gasteiger partial charge in [0.25, 0.3) is 0 Å². The second kappa shape index (κ2) is 6.59. The van der Waals surface area contributed by atoms with Crippen molar-refractivity contribution < 1.29 is 0 Å². The Morgan fingerprint density at radius 3 is 3.20 bits per heavy atom. The van der Waals surface area contributed by atoms with Crippen LogP contribution in [0.1, 0.15) is 32.6 Å². The SMILES string of the molecule is CCNC1CCCC1CCSc1nnc2ccccn12. The molecule has 108 valence electrons. The third-order valence-electron chi connectivity index (χ3n) is 4.13. The van der Waals surface area contributed by atoms with E-state index in [4.69, 9.17) is 0 Å². The van der Waals surface area contributed by atoms with Crippen LogP contribution in [0.15, 0.2) is 29.6 Å². The summed E-state index contributed by atoms with van der Waals surface area (Å²) in [5.41, 5.74) is 0.932. The normalized spacial score (nSPS) is 22.6. The summed E-state index contributed by atoms with van der Waals surface area (Å²) in [6.07, 6.45) is 7.40. The van der Waals surface area contributed by atoms with Gasteiger partial charge in [-0.05, 0) is 43.9 Å². The molecule has 1 N–H and O–H groups in total. The Balaban J connectivity index is 1.55. The van der Waals surface area contributed by atoms with Gasteiger partial charge in [-0.15, -0.1) is 10.2 Å². The highest BCUT2D eigenvalue weighted by atomic mass is 32.2. The molecule has 3 rings (SSSR count). The smallest absolute Gasteiger partial charge is 0.195 e. The van der Waals surface area contributed by atoms with E-state index in [2.05, 4.69) is 26.8 Å². The zero-order chi connectivity index (χ0) is 13.8. The molecule has 2 atom stereocenters. The van der Waals surface area contributed by atoms with Crippen LogP contribution in [0, 0.1) is 5.92 Å². The molecule has 2 aromatic rings. The molecule has 0 aromatic carbocycles. The van der Waals surface area contributed by atoms with Crippen LogP contribution < -0.4 is 5.32 Å². The highest BCUT2D eigenvalue weighted by Gasteiger charge is 2.25. The van der Waals surface area contributed by atoms with Gasteiger partial charge in [-0.1, -0.05) is 31.2 Å². The van der Waals surface area contributed by atoms with Crippen molar-refractivity contribution in [3.63, 3.8) is 0 Å². The maximum Gasteiger partial charge on any atom is 0.195 e. The molecule has 1 aliphatic carbocycles. The Morgan fingerprint density at radius 1 is 1.35 bits per heavy atom. The van der Waals surface area contributed by atoms with Crippen molar-refractivity contribution in [1.29, 1.82) is 0 Å². The quantitative estimate of drug-likeness (QED) is 0.831. The van der Waals surface area contributed by atoms with Gasteiger partial charge in [0.15, 0.2) is 10.8 Å². The summed E-state index contributed by atoms with van der Waals surface area (Å²) in [6.45, 7) is 3.29. The van der Waals surface area contributed by atoms with Crippen molar-refractivity contribution in [1.82, 2.24) is 19.9 Å². The zero-order valence-electron chi connectivity index (χ0n) is 12.0. The van der Waals surface area contributed by atoms with Gasteiger partial charge in [0.2, 0.25) is 0 Å². The predicted octanol–water partition coefficient (Wildman–Crippen LogP) is 2.99. The van der Waals surface area contributed by atoms with Crippen LogP contribution in [-0.4, -0.2) is 32.9 Å². The highest BCUT2D eigenvalue weighted by molar-refractivity contribution is 7.99. The summed E-state index contributed by atoms with van der Waals surface area (Å²) in [6, 6.07) is 6.75. The van der Waals surface area contributed by atoms with Crippen molar-refractivity contribution in [2.75, 3.05) is 12.3 Å². The van der Waals surface area contributed by atoms with E-state index < -0.39 is 0 Å².